The fraction of sp³-hybridized carbons (Fsp3) is 0.524. The van der Waals surface area contributed by atoms with Crippen molar-refractivity contribution in [2.75, 3.05) is 13.7 Å². The first-order valence-corrected chi connectivity index (χ1v) is 9.69. The van der Waals surface area contributed by atoms with E-state index in [9.17, 15) is 4.79 Å². The molecular formula is C21H30N4O2. The van der Waals surface area contributed by atoms with Crippen molar-refractivity contribution in [3.63, 3.8) is 0 Å². The fourth-order valence-corrected chi connectivity index (χ4v) is 3.71. The molecule has 0 unspecified atom stereocenters. The van der Waals surface area contributed by atoms with Crippen molar-refractivity contribution in [1.82, 2.24) is 20.4 Å². The molecule has 1 aromatic heterocycles. The standard InChI is InChI=1S/C21H30N4O2/c1-5-6-11-22-20(26)24-18-12-21(2,3)13-19-17(18)14-23-25(19)15-7-9-16(27-4)10-8-15/h7-10,14,18H,5-6,11-13H2,1-4H3,(H2,22,24,26)/t18-/m0/s1. The number of hydrogen-bond acceptors (Lipinski definition) is 3. The zero-order valence-electron chi connectivity index (χ0n) is 16.7. The Labute approximate surface area is 161 Å². The molecular weight excluding hydrogens is 340 g/mol. The average molecular weight is 370 g/mol. The van der Waals surface area contributed by atoms with Crippen molar-refractivity contribution in [2.45, 2.75) is 52.5 Å². The first-order valence-electron chi connectivity index (χ1n) is 9.69. The van der Waals surface area contributed by atoms with Gasteiger partial charge in [0.05, 0.1) is 30.7 Å². The Morgan fingerprint density at radius 2 is 2.07 bits per heavy atom. The van der Waals surface area contributed by atoms with Gasteiger partial charge in [0.15, 0.2) is 0 Å². The summed E-state index contributed by atoms with van der Waals surface area (Å²) in [7, 11) is 1.66. The van der Waals surface area contributed by atoms with Crippen molar-refractivity contribution in [1.29, 1.82) is 0 Å². The molecule has 1 aromatic carbocycles. The molecule has 0 saturated heterocycles. The predicted octanol–water partition coefficient (Wildman–Crippen LogP) is 3.99. The van der Waals surface area contributed by atoms with Crippen molar-refractivity contribution in [3.05, 3.63) is 41.7 Å². The number of nitrogens with one attached hydrogen (secondary N) is 2. The number of carbonyl (C=O) groups is 1. The van der Waals surface area contributed by atoms with E-state index in [1.54, 1.807) is 7.11 Å². The highest BCUT2D eigenvalue weighted by molar-refractivity contribution is 5.74. The predicted molar refractivity (Wildman–Crippen MR) is 106 cm³/mol. The zero-order chi connectivity index (χ0) is 19.4. The van der Waals surface area contributed by atoms with Gasteiger partial charge in [0.1, 0.15) is 5.75 Å². The van der Waals surface area contributed by atoms with E-state index >= 15 is 0 Å². The Balaban J connectivity index is 1.84. The van der Waals surface area contributed by atoms with Gasteiger partial charge >= 0.3 is 6.03 Å². The number of hydrogen-bond donors (Lipinski definition) is 2. The number of carbonyl (C=O) groups excluding carboxylic acids is 1. The maximum absolute atomic E-state index is 12.3. The normalized spacial score (nSPS) is 17.9. The second-order valence-electron chi connectivity index (χ2n) is 8.01. The van der Waals surface area contributed by atoms with E-state index in [0.717, 1.165) is 48.4 Å². The number of unbranched alkanes of at least 4 members (excludes halogenated alkanes) is 1. The number of rotatable bonds is 6. The molecule has 6 nitrogen and oxygen atoms in total. The molecule has 1 atom stereocenters. The Kier molecular flexibility index (Phi) is 5.73. The van der Waals surface area contributed by atoms with Crippen LogP contribution in [0.2, 0.25) is 0 Å². The van der Waals surface area contributed by atoms with Crippen LogP contribution in [0.25, 0.3) is 5.69 Å². The van der Waals surface area contributed by atoms with Crippen LogP contribution in [0, 0.1) is 5.41 Å². The van der Waals surface area contributed by atoms with Gasteiger partial charge < -0.3 is 15.4 Å². The molecule has 1 heterocycles. The van der Waals surface area contributed by atoms with Crippen LogP contribution in [0.15, 0.2) is 30.5 Å². The summed E-state index contributed by atoms with van der Waals surface area (Å²) in [5.74, 6) is 0.823. The Morgan fingerprint density at radius 3 is 2.74 bits per heavy atom. The van der Waals surface area contributed by atoms with Gasteiger partial charge in [0, 0.05) is 12.1 Å². The molecule has 0 saturated carbocycles. The van der Waals surface area contributed by atoms with Crippen LogP contribution in [0.5, 0.6) is 5.75 Å². The molecule has 6 heteroatoms. The largest absolute Gasteiger partial charge is 0.497 e. The number of urea groups is 1. The number of methoxy groups -OCH3 is 1. The van der Waals surface area contributed by atoms with Gasteiger partial charge in [0.2, 0.25) is 0 Å². The molecule has 0 bridgehead atoms. The molecule has 1 aliphatic rings. The summed E-state index contributed by atoms with van der Waals surface area (Å²) in [6.07, 6.45) is 5.77. The molecule has 2 N–H and O–H groups in total. The average Bonchev–Trinajstić information content (AvgIpc) is 3.04. The highest BCUT2D eigenvalue weighted by Gasteiger charge is 2.36. The first kappa shape index (κ1) is 19.3. The van der Waals surface area contributed by atoms with Crippen LogP contribution in [-0.4, -0.2) is 29.5 Å². The minimum Gasteiger partial charge on any atom is -0.497 e. The zero-order valence-corrected chi connectivity index (χ0v) is 16.7. The highest BCUT2D eigenvalue weighted by atomic mass is 16.5. The number of benzene rings is 1. The van der Waals surface area contributed by atoms with Gasteiger partial charge in [-0.15, -0.1) is 0 Å². The van der Waals surface area contributed by atoms with Gasteiger partial charge in [0.25, 0.3) is 0 Å². The van der Waals surface area contributed by atoms with E-state index in [4.69, 9.17) is 4.74 Å². The maximum Gasteiger partial charge on any atom is 0.315 e. The molecule has 1 aliphatic carbocycles. The third-order valence-electron chi connectivity index (χ3n) is 5.12. The van der Waals surface area contributed by atoms with Crippen molar-refractivity contribution in [3.8, 4) is 11.4 Å². The smallest absolute Gasteiger partial charge is 0.315 e. The topological polar surface area (TPSA) is 68.2 Å². The molecule has 27 heavy (non-hydrogen) atoms. The van der Waals surface area contributed by atoms with E-state index in [0.29, 0.717) is 6.54 Å². The van der Waals surface area contributed by atoms with E-state index in [-0.39, 0.29) is 17.5 Å². The number of ether oxygens (including phenoxy) is 1. The Bertz CT molecular complexity index is 780. The molecule has 0 spiro atoms. The Morgan fingerprint density at radius 1 is 1.33 bits per heavy atom. The van der Waals surface area contributed by atoms with Gasteiger partial charge in [-0.3, -0.25) is 0 Å². The van der Waals surface area contributed by atoms with Gasteiger partial charge in [-0.2, -0.15) is 5.10 Å². The molecule has 2 aromatic rings. The van der Waals surface area contributed by atoms with E-state index in [2.05, 4.69) is 36.5 Å². The van der Waals surface area contributed by atoms with Crippen LogP contribution < -0.4 is 15.4 Å². The number of amides is 2. The van der Waals surface area contributed by atoms with Gasteiger partial charge in [-0.25, -0.2) is 9.48 Å². The fourth-order valence-electron chi connectivity index (χ4n) is 3.71. The van der Waals surface area contributed by atoms with Crippen molar-refractivity contribution < 1.29 is 9.53 Å². The van der Waals surface area contributed by atoms with Crippen LogP contribution in [0.3, 0.4) is 0 Å². The number of nitrogens with zero attached hydrogens (tertiary/aromatic N) is 2. The second kappa shape index (κ2) is 8.03. The SMILES string of the molecule is CCCCNC(=O)N[C@H]1CC(C)(C)Cc2c1cnn2-c1ccc(OC)cc1. The third-order valence-corrected chi connectivity index (χ3v) is 5.12. The molecule has 3 rings (SSSR count). The Hall–Kier alpha value is -2.50. The second-order valence-corrected chi connectivity index (χ2v) is 8.01. The van der Waals surface area contributed by atoms with E-state index in [1.165, 1.54) is 0 Å². The molecule has 146 valence electrons. The summed E-state index contributed by atoms with van der Waals surface area (Å²) in [5.41, 5.74) is 3.35. The minimum atomic E-state index is -0.103. The van der Waals surface area contributed by atoms with Crippen molar-refractivity contribution in [2.24, 2.45) is 5.41 Å². The first-order chi connectivity index (χ1) is 12.9. The molecule has 2 amide bonds. The molecule has 0 fully saturated rings. The highest BCUT2D eigenvalue weighted by Crippen LogP contribution is 2.41. The monoisotopic (exact) mass is 370 g/mol. The van der Waals surface area contributed by atoms with Crippen LogP contribution >= 0.6 is 0 Å². The summed E-state index contributed by atoms with van der Waals surface area (Å²) in [6.45, 7) is 7.30. The lowest BCUT2D eigenvalue weighted by Gasteiger charge is -2.36. The van der Waals surface area contributed by atoms with Gasteiger partial charge in [-0.05, 0) is 48.9 Å². The van der Waals surface area contributed by atoms with Gasteiger partial charge in [-0.1, -0.05) is 27.2 Å². The summed E-state index contributed by atoms with van der Waals surface area (Å²) in [5, 5.41) is 10.7. The van der Waals surface area contributed by atoms with Crippen LogP contribution in [0.1, 0.15) is 57.3 Å². The lowest BCUT2D eigenvalue weighted by atomic mass is 9.74. The van der Waals surface area contributed by atoms with Crippen LogP contribution in [0.4, 0.5) is 4.79 Å². The lowest BCUT2D eigenvalue weighted by Crippen LogP contribution is -2.42. The summed E-state index contributed by atoms with van der Waals surface area (Å²) < 4.78 is 7.23. The van der Waals surface area contributed by atoms with Crippen molar-refractivity contribution >= 4 is 6.03 Å². The maximum atomic E-state index is 12.3. The van der Waals surface area contributed by atoms with E-state index in [1.807, 2.05) is 35.1 Å². The van der Waals surface area contributed by atoms with Crippen LogP contribution in [-0.2, 0) is 6.42 Å². The molecule has 0 radical (unpaired) electrons. The summed E-state index contributed by atoms with van der Waals surface area (Å²) >= 11 is 0. The quantitative estimate of drug-likeness (QED) is 0.756. The number of fused-ring (bicyclic) bond motifs is 1. The van der Waals surface area contributed by atoms with E-state index < -0.39 is 0 Å². The summed E-state index contributed by atoms with van der Waals surface area (Å²) in [4.78, 5) is 12.3. The third kappa shape index (κ3) is 4.43. The summed E-state index contributed by atoms with van der Waals surface area (Å²) in [6, 6.07) is 7.76. The molecule has 0 aliphatic heterocycles. The lowest BCUT2D eigenvalue weighted by molar-refractivity contribution is 0.220. The number of aromatic nitrogens is 2. The minimum absolute atomic E-state index is 0.0302.